The Labute approximate surface area is 88.2 Å². The minimum Gasteiger partial charge on any atom is -0.490 e. The van der Waals surface area contributed by atoms with Gasteiger partial charge in [0.05, 0.1) is 6.10 Å². The second-order valence-corrected chi connectivity index (χ2v) is 3.47. The molecule has 0 fully saturated rings. The van der Waals surface area contributed by atoms with Crippen molar-refractivity contribution in [3.8, 4) is 0 Å². The first-order valence-electron chi connectivity index (χ1n) is 5.28. The minimum atomic E-state index is 0.271. The fraction of sp³-hybridized carbons (Fsp3) is 0.538. The van der Waals surface area contributed by atoms with Crippen LogP contribution in [0.2, 0.25) is 0 Å². The van der Waals surface area contributed by atoms with Crippen LogP contribution >= 0.6 is 0 Å². The topological polar surface area (TPSA) is 9.23 Å². The van der Waals surface area contributed by atoms with Gasteiger partial charge in [-0.15, -0.1) is 0 Å². The van der Waals surface area contributed by atoms with Crippen molar-refractivity contribution < 1.29 is 4.74 Å². The second-order valence-electron chi connectivity index (χ2n) is 3.47. The molecule has 14 heavy (non-hydrogen) atoms. The summed E-state index contributed by atoms with van der Waals surface area (Å²) >= 11 is 0. The largest absolute Gasteiger partial charge is 0.490 e. The standard InChI is InChI=1S/C13H22O/c1-6-9-11(4)13(8-3)14-12(5)10-7-2/h6,8-9,12H,3,7,10H2,1-2,4-5H3/b9-6-,13-11-/t12-/m1/s1. The molecule has 0 radical (unpaired) electrons. The highest BCUT2D eigenvalue weighted by Gasteiger charge is 2.04. The van der Waals surface area contributed by atoms with Gasteiger partial charge in [0.15, 0.2) is 0 Å². The van der Waals surface area contributed by atoms with Crippen molar-refractivity contribution in [1.29, 1.82) is 0 Å². The molecule has 1 atom stereocenters. The van der Waals surface area contributed by atoms with Crippen molar-refractivity contribution >= 4 is 0 Å². The average molecular weight is 194 g/mol. The smallest absolute Gasteiger partial charge is 0.121 e. The summed E-state index contributed by atoms with van der Waals surface area (Å²) < 4.78 is 5.76. The molecule has 0 aromatic rings. The summed E-state index contributed by atoms with van der Waals surface area (Å²) in [6.07, 6.45) is 8.33. The molecular weight excluding hydrogens is 172 g/mol. The van der Waals surface area contributed by atoms with Crippen LogP contribution in [0.1, 0.15) is 40.5 Å². The van der Waals surface area contributed by atoms with E-state index in [0.29, 0.717) is 0 Å². The number of hydrogen-bond acceptors (Lipinski definition) is 1. The van der Waals surface area contributed by atoms with E-state index in [0.717, 1.165) is 24.2 Å². The zero-order valence-electron chi connectivity index (χ0n) is 9.84. The summed E-state index contributed by atoms with van der Waals surface area (Å²) in [5, 5.41) is 0. The summed E-state index contributed by atoms with van der Waals surface area (Å²) in [6.45, 7) is 12.1. The molecule has 0 saturated carbocycles. The Hall–Kier alpha value is -0.980. The third-order valence-electron chi connectivity index (χ3n) is 2.01. The van der Waals surface area contributed by atoms with Gasteiger partial charge in [0.1, 0.15) is 5.76 Å². The van der Waals surface area contributed by atoms with Gasteiger partial charge < -0.3 is 4.74 Å². The highest BCUT2D eigenvalue weighted by atomic mass is 16.5. The van der Waals surface area contributed by atoms with E-state index in [9.17, 15) is 0 Å². The molecule has 80 valence electrons. The van der Waals surface area contributed by atoms with Gasteiger partial charge in [-0.2, -0.15) is 0 Å². The van der Waals surface area contributed by atoms with Crippen molar-refractivity contribution in [2.75, 3.05) is 0 Å². The van der Waals surface area contributed by atoms with Crippen LogP contribution in [0, 0.1) is 0 Å². The van der Waals surface area contributed by atoms with Gasteiger partial charge in [-0.1, -0.05) is 32.1 Å². The van der Waals surface area contributed by atoms with Crippen molar-refractivity contribution in [2.45, 2.75) is 46.6 Å². The SMILES string of the molecule is C=C/C(O[C@H](C)CCC)=C(C)/C=C\C. The van der Waals surface area contributed by atoms with Gasteiger partial charge >= 0.3 is 0 Å². The van der Waals surface area contributed by atoms with Gasteiger partial charge in [-0.05, 0) is 38.8 Å². The number of rotatable bonds is 6. The number of ether oxygens (including phenoxy) is 1. The van der Waals surface area contributed by atoms with E-state index < -0.39 is 0 Å². The fourth-order valence-electron chi connectivity index (χ4n) is 1.32. The molecule has 0 rings (SSSR count). The molecule has 0 bridgehead atoms. The lowest BCUT2D eigenvalue weighted by Crippen LogP contribution is -2.07. The zero-order chi connectivity index (χ0) is 11.0. The fourth-order valence-corrected chi connectivity index (χ4v) is 1.32. The van der Waals surface area contributed by atoms with Crippen molar-refractivity contribution in [2.24, 2.45) is 0 Å². The summed E-state index contributed by atoms with van der Waals surface area (Å²) in [4.78, 5) is 0. The normalized spacial score (nSPS) is 15.1. The Morgan fingerprint density at radius 2 is 2.14 bits per heavy atom. The average Bonchev–Trinajstić information content (AvgIpc) is 2.15. The van der Waals surface area contributed by atoms with E-state index in [1.807, 2.05) is 26.0 Å². The quantitative estimate of drug-likeness (QED) is 0.454. The lowest BCUT2D eigenvalue weighted by Gasteiger charge is -2.15. The Morgan fingerprint density at radius 1 is 1.50 bits per heavy atom. The van der Waals surface area contributed by atoms with Crippen molar-refractivity contribution in [1.82, 2.24) is 0 Å². The maximum absolute atomic E-state index is 5.76. The van der Waals surface area contributed by atoms with Crippen LogP contribution in [0.3, 0.4) is 0 Å². The van der Waals surface area contributed by atoms with Crippen LogP contribution in [0.25, 0.3) is 0 Å². The Kier molecular flexibility index (Phi) is 6.91. The van der Waals surface area contributed by atoms with Gasteiger partial charge in [-0.3, -0.25) is 0 Å². The van der Waals surface area contributed by atoms with E-state index in [4.69, 9.17) is 4.74 Å². The van der Waals surface area contributed by atoms with Gasteiger partial charge in [0, 0.05) is 0 Å². The summed E-state index contributed by atoms with van der Waals surface area (Å²) in [7, 11) is 0. The summed E-state index contributed by atoms with van der Waals surface area (Å²) in [5.41, 5.74) is 1.13. The van der Waals surface area contributed by atoms with Crippen molar-refractivity contribution in [3.63, 3.8) is 0 Å². The van der Waals surface area contributed by atoms with Crippen LogP contribution in [0.4, 0.5) is 0 Å². The second kappa shape index (κ2) is 7.43. The molecule has 0 N–H and O–H groups in total. The highest BCUT2D eigenvalue weighted by Crippen LogP contribution is 2.13. The molecule has 0 aliphatic heterocycles. The summed E-state index contributed by atoms with van der Waals surface area (Å²) in [5.74, 6) is 0.893. The predicted molar refractivity (Wildman–Crippen MR) is 63.2 cm³/mol. The van der Waals surface area contributed by atoms with E-state index in [1.165, 1.54) is 0 Å². The Morgan fingerprint density at radius 3 is 2.57 bits per heavy atom. The van der Waals surface area contributed by atoms with Crippen LogP contribution in [0.15, 0.2) is 36.1 Å². The molecule has 0 aliphatic carbocycles. The first-order chi connectivity index (χ1) is 6.65. The molecule has 0 aliphatic rings. The molecule has 0 heterocycles. The van der Waals surface area contributed by atoms with Crippen molar-refractivity contribution in [3.05, 3.63) is 36.1 Å². The van der Waals surface area contributed by atoms with E-state index in [-0.39, 0.29) is 6.10 Å². The molecule has 0 aromatic heterocycles. The first-order valence-corrected chi connectivity index (χ1v) is 5.28. The molecule has 0 unspecified atom stereocenters. The van der Waals surface area contributed by atoms with E-state index in [2.05, 4.69) is 20.4 Å². The molecule has 1 heteroatoms. The van der Waals surface area contributed by atoms with Crippen LogP contribution in [0.5, 0.6) is 0 Å². The molecule has 0 aromatic carbocycles. The third-order valence-corrected chi connectivity index (χ3v) is 2.01. The third kappa shape index (κ3) is 4.90. The molecule has 0 spiro atoms. The molecule has 0 saturated heterocycles. The lowest BCUT2D eigenvalue weighted by atomic mass is 10.2. The molecule has 0 amide bonds. The minimum absolute atomic E-state index is 0.271. The van der Waals surface area contributed by atoms with Gasteiger partial charge in [-0.25, -0.2) is 0 Å². The maximum atomic E-state index is 5.76. The van der Waals surface area contributed by atoms with Crippen LogP contribution in [-0.4, -0.2) is 6.10 Å². The van der Waals surface area contributed by atoms with E-state index >= 15 is 0 Å². The summed E-state index contributed by atoms with van der Waals surface area (Å²) in [6, 6.07) is 0. The zero-order valence-corrected chi connectivity index (χ0v) is 9.84. The van der Waals surface area contributed by atoms with Gasteiger partial charge in [0.25, 0.3) is 0 Å². The molecular formula is C13H22O. The van der Waals surface area contributed by atoms with E-state index in [1.54, 1.807) is 6.08 Å². The van der Waals surface area contributed by atoms with Crippen LogP contribution < -0.4 is 0 Å². The Bertz CT molecular complexity index is 223. The highest BCUT2D eigenvalue weighted by molar-refractivity contribution is 5.26. The number of allylic oxidation sites excluding steroid dienone is 4. The maximum Gasteiger partial charge on any atom is 0.121 e. The Balaban J connectivity index is 4.41. The first kappa shape index (κ1) is 13.0. The van der Waals surface area contributed by atoms with Crippen LogP contribution in [-0.2, 0) is 4.74 Å². The number of hydrogen-bond donors (Lipinski definition) is 0. The van der Waals surface area contributed by atoms with Gasteiger partial charge in [0.2, 0.25) is 0 Å². The lowest BCUT2D eigenvalue weighted by molar-refractivity contribution is 0.131. The molecule has 1 nitrogen and oxygen atoms in total. The monoisotopic (exact) mass is 194 g/mol. The predicted octanol–water partition coefficient (Wildman–Crippen LogP) is 4.23.